The lowest BCUT2D eigenvalue weighted by Gasteiger charge is -2.43. The summed E-state index contributed by atoms with van der Waals surface area (Å²) in [5, 5.41) is 14.8. The molecule has 4 aromatic rings. The van der Waals surface area contributed by atoms with E-state index in [2.05, 4.69) is 25.5 Å². The Morgan fingerprint density at radius 2 is 1.70 bits per heavy atom. The predicted molar refractivity (Wildman–Crippen MR) is 148 cm³/mol. The van der Waals surface area contributed by atoms with Crippen LogP contribution in [0.2, 0.25) is 0 Å². The third-order valence-corrected chi connectivity index (χ3v) is 7.28. The molecule has 3 aromatic carbocycles. The van der Waals surface area contributed by atoms with Crippen LogP contribution >= 0.6 is 0 Å². The smallest absolute Gasteiger partial charge is 0.428 e. The fourth-order valence-corrected chi connectivity index (χ4v) is 5.44. The highest BCUT2D eigenvalue weighted by Gasteiger charge is 2.46. The van der Waals surface area contributed by atoms with Crippen LogP contribution in [0.3, 0.4) is 0 Å². The summed E-state index contributed by atoms with van der Waals surface area (Å²) in [6, 6.07) is 16.4. The number of hydrogen-bond donors (Lipinski definition) is 2. The molecule has 2 atom stereocenters. The van der Waals surface area contributed by atoms with Gasteiger partial charge in [0.1, 0.15) is 17.4 Å². The van der Waals surface area contributed by atoms with Crippen LogP contribution in [0.5, 0.6) is 5.75 Å². The van der Waals surface area contributed by atoms with Gasteiger partial charge in [0.25, 0.3) is 0 Å². The van der Waals surface area contributed by atoms with Gasteiger partial charge in [0.2, 0.25) is 0 Å². The summed E-state index contributed by atoms with van der Waals surface area (Å²) in [6.07, 6.45) is -8.16. The minimum absolute atomic E-state index is 0.102. The molecule has 1 aromatic heterocycles. The number of primary amides is 1. The molecule has 44 heavy (non-hydrogen) atoms. The van der Waals surface area contributed by atoms with E-state index in [-0.39, 0.29) is 24.9 Å². The molecule has 0 fully saturated rings. The van der Waals surface area contributed by atoms with E-state index in [1.807, 2.05) is 12.1 Å². The first-order valence-electron chi connectivity index (χ1n) is 13.6. The standard InChI is InChI=1S/C30H30F6N6O2/c1-42-40-26(39-41-42)16-21(8-5-13-38-28(37)43)29(18-19-6-3-2-4-7-19,20-9-11-23(31)12-10-20)22-14-24(32)17-25(15-22)44-30(35,36)27(33)34/h2-4,6-7,9-12,14-15,17,21,27H,5,8,13,16,18H2,1H3,(H3,37,38,43)/t21?,29-/m0/s1. The van der Waals surface area contributed by atoms with Crippen LogP contribution in [0.4, 0.5) is 31.1 Å². The number of carbonyl (C=O) groups excluding carboxylic acids is 1. The zero-order valence-electron chi connectivity index (χ0n) is 23.6. The van der Waals surface area contributed by atoms with Gasteiger partial charge in [0.15, 0.2) is 5.82 Å². The number of nitrogens with one attached hydrogen (secondary N) is 1. The topological polar surface area (TPSA) is 108 Å². The average Bonchev–Trinajstić information content (AvgIpc) is 3.38. The molecule has 1 heterocycles. The summed E-state index contributed by atoms with van der Waals surface area (Å²) in [6.45, 7) is 0.169. The first-order valence-corrected chi connectivity index (χ1v) is 13.6. The van der Waals surface area contributed by atoms with Crippen LogP contribution in [-0.4, -0.2) is 45.3 Å². The molecule has 0 radical (unpaired) electrons. The second kappa shape index (κ2) is 13.8. The van der Waals surface area contributed by atoms with E-state index in [0.29, 0.717) is 30.3 Å². The summed E-state index contributed by atoms with van der Waals surface area (Å²) >= 11 is 0. The number of aromatic nitrogens is 4. The number of alkyl halides is 4. The number of halogens is 6. The van der Waals surface area contributed by atoms with Crippen molar-refractivity contribution in [1.82, 2.24) is 25.5 Å². The Labute approximate surface area is 249 Å². The van der Waals surface area contributed by atoms with Gasteiger partial charge in [-0.3, -0.25) is 0 Å². The molecule has 8 nitrogen and oxygen atoms in total. The number of aryl methyl sites for hydroxylation is 1. The van der Waals surface area contributed by atoms with Crippen molar-refractivity contribution in [1.29, 1.82) is 0 Å². The number of urea groups is 1. The molecule has 0 saturated heterocycles. The van der Waals surface area contributed by atoms with E-state index < -0.39 is 47.3 Å². The van der Waals surface area contributed by atoms with Crippen LogP contribution in [-0.2, 0) is 25.3 Å². The minimum Gasteiger partial charge on any atom is -0.428 e. The monoisotopic (exact) mass is 620 g/mol. The fourth-order valence-electron chi connectivity index (χ4n) is 5.44. The normalized spacial score (nSPS) is 13.8. The van der Waals surface area contributed by atoms with Crippen molar-refractivity contribution in [3.63, 3.8) is 0 Å². The second-order valence-corrected chi connectivity index (χ2v) is 10.3. The van der Waals surface area contributed by atoms with Crippen LogP contribution in [0.25, 0.3) is 0 Å². The van der Waals surface area contributed by atoms with Gasteiger partial charge >= 0.3 is 18.6 Å². The molecular weight excluding hydrogens is 590 g/mol. The van der Waals surface area contributed by atoms with Crippen LogP contribution in [0.1, 0.15) is 35.4 Å². The molecule has 0 aliphatic heterocycles. The number of carbonyl (C=O) groups is 1. The molecule has 2 amide bonds. The molecule has 234 valence electrons. The van der Waals surface area contributed by atoms with Crippen molar-refractivity contribution in [2.45, 2.75) is 43.6 Å². The lowest BCUT2D eigenvalue weighted by molar-refractivity contribution is -0.253. The quantitative estimate of drug-likeness (QED) is 0.142. The van der Waals surface area contributed by atoms with Gasteiger partial charge in [-0.1, -0.05) is 42.5 Å². The number of rotatable bonds is 14. The molecule has 1 unspecified atom stereocenters. The number of ether oxygens (including phenoxy) is 1. The molecule has 0 bridgehead atoms. The van der Waals surface area contributed by atoms with Crippen LogP contribution in [0, 0.1) is 17.6 Å². The molecule has 0 spiro atoms. The summed E-state index contributed by atoms with van der Waals surface area (Å²) in [5.74, 6) is -2.68. The van der Waals surface area contributed by atoms with Gasteiger partial charge in [0.05, 0.1) is 7.05 Å². The Balaban J connectivity index is 1.98. The van der Waals surface area contributed by atoms with Crippen molar-refractivity contribution in [2.24, 2.45) is 18.7 Å². The Kier molecular flexibility index (Phi) is 10.1. The van der Waals surface area contributed by atoms with E-state index in [1.165, 1.54) is 29.1 Å². The highest BCUT2D eigenvalue weighted by molar-refractivity contribution is 5.71. The van der Waals surface area contributed by atoms with Gasteiger partial charge in [-0.15, -0.1) is 10.2 Å². The molecule has 0 aliphatic rings. The number of nitrogens with two attached hydrogens (primary N) is 1. The van der Waals surface area contributed by atoms with E-state index in [9.17, 15) is 26.7 Å². The Morgan fingerprint density at radius 3 is 2.32 bits per heavy atom. The average molecular weight is 621 g/mol. The largest absolute Gasteiger partial charge is 0.461 e. The third-order valence-electron chi connectivity index (χ3n) is 7.28. The van der Waals surface area contributed by atoms with Crippen molar-refractivity contribution in [3.8, 4) is 5.75 Å². The number of amides is 2. The van der Waals surface area contributed by atoms with Crippen LogP contribution < -0.4 is 15.8 Å². The second-order valence-electron chi connectivity index (χ2n) is 10.3. The SMILES string of the molecule is Cn1nnc(CC(CCCNC(N)=O)[C@](Cc2ccccc2)(c2ccc(F)cc2)c2cc(F)cc(OC(F)(F)C(F)F)c2)n1. The lowest BCUT2D eigenvalue weighted by atomic mass is 9.60. The minimum atomic E-state index is -4.90. The molecule has 14 heteroatoms. The first kappa shape index (κ1) is 32.3. The van der Waals surface area contributed by atoms with Gasteiger partial charge < -0.3 is 15.8 Å². The summed E-state index contributed by atoms with van der Waals surface area (Å²) < 4.78 is 88.0. The van der Waals surface area contributed by atoms with Gasteiger partial charge in [-0.2, -0.15) is 22.4 Å². The van der Waals surface area contributed by atoms with Gasteiger partial charge in [-0.05, 0) is 71.3 Å². The van der Waals surface area contributed by atoms with Crippen molar-refractivity contribution >= 4 is 6.03 Å². The summed E-state index contributed by atoms with van der Waals surface area (Å²) in [5.41, 5.74) is 5.22. The predicted octanol–water partition coefficient (Wildman–Crippen LogP) is 5.56. The van der Waals surface area contributed by atoms with Crippen LogP contribution in [0.15, 0.2) is 72.8 Å². The number of tetrazole rings is 1. The van der Waals surface area contributed by atoms with E-state index in [4.69, 9.17) is 5.73 Å². The highest BCUT2D eigenvalue weighted by atomic mass is 19.3. The summed E-state index contributed by atoms with van der Waals surface area (Å²) in [4.78, 5) is 12.6. The van der Waals surface area contributed by atoms with Gasteiger partial charge in [-0.25, -0.2) is 13.6 Å². The maximum Gasteiger partial charge on any atom is 0.461 e. The van der Waals surface area contributed by atoms with E-state index in [0.717, 1.165) is 17.7 Å². The Morgan fingerprint density at radius 1 is 1.00 bits per heavy atom. The Bertz CT molecular complexity index is 1540. The molecule has 3 N–H and O–H groups in total. The lowest BCUT2D eigenvalue weighted by Crippen LogP contribution is -2.41. The molecular formula is C30H30F6N6O2. The fraction of sp³-hybridized carbons (Fsp3) is 0.333. The third kappa shape index (κ3) is 7.85. The van der Waals surface area contributed by atoms with Gasteiger partial charge in [0, 0.05) is 24.4 Å². The first-order chi connectivity index (χ1) is 20.9. The zero-order valence-corrected chi connectivity index (χ0v) is 23.6. The van der Waals surface area contributed by atoms with Crippen molar-refractivity contribution in [3.05, 3.63) is 107 Å². The van der Waals surface area contributed by atoms with E-state index >= 15 is 4.39 Å². The number of benzene rings is 3. The molecule has 4 rings (SSSR count). The van der Waals surface area contributed by atoms with E-state index in [1.54, 1.807) is 25.2 Å². The maximum atomic E-state index is 15.3. The number of hydrogen-bond acceptors (Lipinski definition) is 5. The van der Waals surface area contributed by atoms with Crippen molar-refractivity contribution in [2.75, 3.05) is 6.54 Å². The zero-order chi connectivity index (χ0) is 31.9. The molecule has 0 aliphatic carbocycles. The number of nitrogens with zero attached hydrogens (tertiary/aromatic N) is 4. The van der Waals surface area contributed by atoms with Crippen molar-refractivity contribution < 1.29 is 35.9 Å². The summed E-state index contributed by atoms with van der Waals surface area (Å²) in [7, 11) is 1.57. The molecule has 0 saturated carbocycles. The highest BCUT2D eigenvalue weighted by Crippen LogP contribution is 2.47. The Hall–Kier alpha value is -4.62. The maximum absolute atomic E-state index is 15.3.